The molecule has 0 saturated heterocycles. The molecule has 1 fully saturated rings. The highest BCUT2D eigenvalue weighted by Gasteiger charge is 2.40. The second-order valence-electron chi connectivity index (χ2n) is 5.60. The van der Waals surface area contributed by atoms with E-state index in [1.807, 2.05) is 0 Å². The van der Waals surface area contributed by atoms with Crippen molar-refractivity contribution in [3.8, 4) is 0 Å². The van der Waals surface area contributed by atoms with Crippen LogP contribution >= 0.6 is 0 Å². The minimum Gasteiger partial charge on any atom is -0.393 e. The Kier molecular flexibility index (Phi) is 5.77. The monoisotopic (exact) mass is 227 g/mol. The summed E-state index contributed by atoms with van der Waals surface area (Å²) in [7, 11) is 0. The molecule has 0 radical (unpaired) electrons. The van der Waals surface area contributed by atoms with Crippen LogP contribution in [0.1, 0.15) is 65.2 Å². The number of hydrogen-bond donors (Lipinski definition) is 2. The summed E-state index contributed by atoms with van der Waals surface area (Å²) in [6, 6.07) is 0. The average molecular weight is 227 g/mol. The Hall–Kier alpha value is -0.0800. The van der Waals surface area contributed by atoms with E-state index >= 15 is 0 Å². The molecule has 1 aliphatic rings. The lowest BCUT2D eigenvalue weighted by Gasteiger charge is -2.43. The molecule has 0 heterocycles. The number of hydrogen-bond acceptors (Lipinski definition) is 2. The zero-order chi connectivity index (χ0) is 12.0. The van der Waals surface area contributed by atoms with Gasteiger partial charge in [-0.1, -0.05) is 46.0 Å². The van der Waals surface area contributed by atoms with Gasteiger partial charge in [0.2, 0.25) is 0 Å². The van der Waals surface area contributed by atoms with Gasteiger partial charge >= 0.3 is 0 Å². The lowest BCUT2D eigenvalue weighted by molar-refractivity contribution is -0.0200. The molecular weight excluding hydrogens is 198 g/mol. The predicted molar refractivity (Wildman–Crippen MR) is 69.3 cm³/mol. The van der Waals surface area contributed by atoms with Crippen molar-refractivity contribution in [3.05, 3.63) is 0 Å². The number of rotatable bonds is 6. The third-order valence-electron chi connectivity index (χ3n) is 4.50. The van der Waals surface area contributed by atoms with Gasteiger partial charge in [-0.3, -0.25) is 0 Å². The molecule has 0 aromatic rings. The van der Waals surface area contributed by atoms with Crippen LogP contribution in [0.2, 0.25) is 0 Å². The quantitative estimate of drug-likeness (QED) is 0.732. The Morgan fingerprint density at radius 1 is 1.44 bits per heavy atom. The number of aliphatic hydroxyl groups is 1. The van der Waals surface area contributed by atoms with E-state index in [4.69, 9.17) is 5.73 Å². The molecule has 0 aromatic carbocycles. The van der Waals surface area contributed by atoms with Crippen LogP contribution in [-0.4, -0.2) is 17.8 Å². The largest absolute Gasteiger partial charge is 0.393 e. The molecule has 16 heavy (non-hydrogen) atoms. The van der Waals surface area contributed by atoms with E-state index in [1.54, 1.807) is 0 Å². The van der Waals surface area contributed by atoms with Crippen molar-refractivity contribution in [3.63, 3.8) is 0 Å². The predicted octanol–water partition coefficient (Wildman–Crippen LogP) is 3.08. The molecule has 0 aromatic heterocycles. The van der Waals surface area contributed by atoms with Crippen molar-refractivity contribution in [1.82, 2.24) is 0 Å². The molecule has 1 rings (SSSR count). The van der Waals surface area contributed by atoms with Gasteiger partial charge in [-0.2, -0.15) is 0 Å². The van der Waals surface area contributed by atoms with E-state index in [-0.39, 0.29) is 11.5 Å². The van der Waals surface area contributed by atoms with E-state index in [2.05, 4.69) is 13.8 Å². The van der Waals surface area contributed by atoms with Crippen LogP contribution in [0.4, 0.5) is 0 Å². The molecule has 3 unspecified atom stereocenters. The Bertz CT molecular complexity index is 195. The van der Waals surface area contributed by atoms with Crippen molar-refractivity contribution in [2.75, 3.05) is 6.54 Å². The summed E-state index contributed by atoms with van der Waals surface area (Å²) in [4.78, 5) is 0. The molecule has 96 valence electrons. The standard InChI is InChI=1S/C14H29NO/c1-3-5-8-13(16)14(11-15)9-6-7-12(4-2)10-14/h12-13,16H,3-11,15H2,1-2H3. The SMILES string of the molecule is CCCCC(O)C1(CN)CCCC(CC)C1. The molecule has 0 bridgehead atoms. The highest BCUT2D eigenvalue weighted by molar-refractivity contribution is 4.92. The topological polar surface area (TPSA) is 46.2 Å². The molecule has 3 N–H and O–H groups in total. The third-order valence-corrected chi connectivity index (χ3v) is 4.50. The summed E-state index contributed by atoms with van der Waals surface area (Å²) in [5, 5.41) is 10.4. The third kappa shape index (κ3) is 3.21. The van der Waals surface area contributed by atoms with E-state index in [1.165, 1.54) is 19.3 Å². The van der Waals surface area contributed by atoms with Gasteiger partial charge in [0, 0.05) is 12.0 Å². The number of aliphatic hydroxyl groups excluding tert-OH is 1. The lowest BCUT2D eigenvalue weighted by atomic mass is 9.65. The van der Waals surface area contributed by atoms with Crippen molar-refractivity contribution in [2.45, 2.75) is 71.3 Å². The first-order chi connectivity index (χ1) is 7.68. The summed E-state index contributed by atoms with van der Waals surface area (Å²) in [5.74, 6) is 0.786. The van der Waals surface area contributed by atoms with Crippen LogP contribution in [0.25, 0.3) is 0 Å². The first-order valence-corrected chi connectivity index (χ1v) is 7.06. The van der Waals surface area contributed by atoms with Crippen molar-refractivity contribution in [2.24, 2.45) is 17.1 Å². The number of unbranched alkanes of at least 4 members (excludes halogenated alkanes) is 1. The molecule has 0 aliphatic heterocycles. The van der Waals surface area contributed by atoms with Gasteiger partial charge in [-0.15, -0.1) is 0 Å². The highest BCUT2D eigenvalue weighted by atomic mass is 16.3. The minimum absolute atomic E-state index is 0.0358. The molecular formula is C14H29NO. The van der Waals surface area contributed by atoms with Crippen LogP contribution in [0.15, 0.2) is 0 Å². The Labute approximate surface area is 101 Å². The fraction of sp³-hybridized carbons (Fsp3) is 1.00. The second-order valence-corrected chi connectivity index (χ2v) is 5.60. The second kappa shape index (κ2) is 6.61. The van der Waals surface area contributed by atoms with Gasteiger partial charge in [0.1, 0.15) is 0 Å². The van der Waals surface area contributed by atoms with Gasteiger partial charge in [0.05, 0.1) is 6.10 Å². The summed E-state index contributed by atoms with van der Waals surface area (Å²) in [5.41, 5.74) is 6.00. The molecule has 1 aliphatic carbocycles. The van der Waals surface area contributed by atoms with E-state index in [0.717, 1.165) is 38.0 Å². The fourth-order valence-electron chi connectivity index (χ4n) is 3.20. The van der Waals surface area contributed by atoms with E-state index in [9.17, 15) is 5.11 Å². The normalized spacial score (nSPS) is 32.6. The van der Waals surface area contributed by atoms with Gasteiger partial charge in [-0.25, -0.2) is 0 Å². The summed E-state index contributed by atoms with van der Waals surface area (Å²) in [6.07, 6.45) is 9.14. The van der Waals surface area contributed by atoms with E-state index < -0.39 is 0 Å². The van der Waals surface area contributed by atoms with Crippen LogP contribution in [0.5, 0.6) is 0 Å². The Balaban J connectivity index is 2.60. The van der Waals surface area contributed by atoms with Crippen molar-refractivity contribution in [1.29, 1.82) is 0 Å². The molecule has 0 spiro atoms. The molecule has 0 amide bonds. The maximum absolute atomic E-state index is 10.4. The molecule has 3 atom stereocenters. The maximum atomic E-state index is 10.4. The van der Waals surface area contributed by atoms with Gasteiger partial charge in [-0.05, 0) is 25.2 Å². The summed E-state index contributed by atoms with van der Waals surface area (Å²) in [6.45, 7) is 5.10. The van der Waals surface area contributed by atoms with Crippen LogP contribution in [0.3, 0.4) is 0 Å². The van der Waals surface area contributed by atoms with Crippen LogP contribution in [0, 0.1) is 11.3 Å². The van der Waals surface area contributed by atoms with Gasteiger partial charge < -0.3 is 10.8 Å². The van der Waals surface area contributed by atoms with E-state index in [0.29, 0.717) is 6.54 Å². The molecule has 2 nitrogen and oxygen atoms in total. The Morgan fingerprint density at radius 3 is 2.75 bits per heavy atom. The van der Waals surface area contributed by atoms with Gasteiger partial charge in [0.15, 0.2) is 0 Å². The molecule has 1 saturated carbocycles. The Morgan fingerprint density at radius 2 is 2.19 bits per heavy atom. The fourth-order valence-corrected chi connectivity index (χ4v) is 3.20. The first-order valence-electron chi connectivity index (χ1n) is 7.06. The van der Waals surface area contributed by atoms with Crippen LogP contribution < -0.4 is 5.73 Å². The highest BCUT2D eigenvalue weighted by Crippen LogP contribution is 2.43. The van der Waals surface area contributed by atoms with Crippen molar-refractivity contribution < 1.29 is 5.11 Å². The number of nitrogens with two attached hydrogens (primary N) is 1. The summed E-state index contributed by atoms with van der Waals surface area (Å²) >= 11 is 0. The van der Waals surface area contributed by atoms with Crippen molar-refractivity contribution >= 4 is 0 Å². The summed E-state index contributed by atoms with van der Waals surface area (Å²) < 4.78 is 0. The minimum atomic E-state index is -0.174. The first kappa shape index (κ1) is 14.0. The maximum Gasteiger partial charge on any atom is 0.0608 e. The molecule has 2 heteroatoms. The smallest absolute Gasteiger partial charge is 0.0608 e. The van der Waals surface area contributed by atoms with Gasteiger partial charge in [0.25, 0.3) is 0 Å². The van der Waals surface area contributed by atoms with Crippen LogP contribution in [-0.2, 0) is 0 Å². The zero-order valence-corrected chi connectivity index (χ0v) is 11.0. The average Bonchev–Trinajstić information content (AvgIpc) is 2.35. The zero-order valence-electron chi connectivity index (χ0n) is 11.0. The lowest BCUT2D eigenvalue weighted by Crippen LogP contribution is -2.45.